The molecular formula is C23H24N2O3S. The molecule has 6 heteroatoms. The number of nitrogens with zero attached hydrogens (tertiary/aromatic N) is 1. The van der Waals surface area contributed by atoms with E-state index in [4.69, 9.17) is 4.74 Å². The van der Waals surface area contributed by atoms with Gasteiger partial charge in [-0.15, -0.1) is 0 Å². The van der Waals surface area contributed by atoms with Gasteiger partial charge in [-0.25, -0.2) is 4.98 Å². The van der Waals surface area contributed by atoms with E-state index in [1.54, 1.807) is 0 Å². The summed E-state index contributed by atoms with van der Waals surface area (Å²) in [6.45, 7) is 4.28. The summed E-state index contributed by atoms with van der Waals surface area (Å²) in [6.07, 6.45) is 0. The Bertz CT molecular complexity index is 992. The zero-order valence-electron chi connectivity index (χ0n) is 16.6. The maximum Gasteiger partial charge on any atom is 0.316 e. The van der Waals surface area contributed by atoms with Crippen molar-refractivity contribution >= 4 is 34.5 Å². The zero-order chi connectivity index (χ0) is 20.6. The number of nitrogens with one attached hydrogen (secondary N) is 1. The van der Waals surface area contributed by atoms with E-state index in [2.05, 4.69) is 10.3 Å². The van der Waals surface area contributed by atoms with Crippen molar-refractivity contribution in [1.29, 1.82) is 0 Å². The van der Waals surface area contributed by atoms with E-state index in [0.29, 0.717) is 6.54 Å². The van der Waals surface area contributed by atoms with E-state index >= 15 is 0 Å². The number of thioether (sulfide) groups is 1. The van der Waals surface area contributed by atoms with Gasteiger partial charge < -0.3 is 10.1 Å². The Kier molecular flexibility index (Phi) is 7.25. The molecule has 3 aromatic rings. The van der Waals surface area contributed by atoms with Crippen molar-refractivity contribution in [2.75, 3.05) is 18.9 Å². The minimum absolute atomic E-state index is 0.110. The molecule has 2 aromatic carbocycles. The first-order valence-corrected chi connectivity index (χ1v) is 10.5. The van der Waals surface area contributed by atoms with Gasteiger partial charge in [0.25, 0.3) is 5.91 Å². The van der Waals surface area contributed by atoms with Gasteiger partial charge in [0.15, 0.2) is 6.61 Å². The van der Waals surface area contributed by atoms with Gasteiger partial charge in [-0.3, -0.25) is 9.59 Å². The number of hydrogen-bond acceptors (Lipinski definition) is 5. The quantitative estimate of drug-likeness (QED) is 0.449. The molecule has 0 saturated carbocycles. The molecule has 0 saturated heterocycles. The number of aromatic nitrogens is 1. The van der Waals surface area contributed by atoms with E-state index in [9.17, 15) is 9.59 Å². The number of carbonyl (C=O) groups is 2. The van der Waals surface area contributed by atoms with Gasteiger partial charge in [0.1, 0.15) is 0 Å². The van der Waals surface area contributed by atoms with Crippen molar-refractivity contribution in [3.05, 3.63) is 71.8 Å². The monoisotopic (exact) mass is 408 g/mol. The number of benzene rings is 2. The molecule has 1 atom stereocenters. The van der Waals surface area contributed by atoms with Crippen LogP contribution in [0.2, 0.25) is 0 Å². The molecule has 0 aliphatic rings. The minimum atomic E-state index is -0.436. The number of hydrogen-bond donors (Lipinski definition) is 1. The van der Waals surface area contributed by atoms with Crippen molar-refractivity contribution in [2.24, 2.45) is 0 Å². The zero-order valence-corrected chi connectivity index (χ0v) is 17.4. The Morgan fingerprint density at radius 2 is 1.83 bits per heavy atom. The summed E-state index contributed by atoms with van der Waals surface area (Å²) in [6, 6.07) is 19.8. The first-order valence-electron chi connectivity index (χ1n) is 9.49. The smallest absolute Gasteiger partial charge is 0.316 e. The summed E-state index contributed by atoms with van der Waals surface area (Å²) < 4.78 is 5.08. The molecule has 1 N–H and O–H groups in total. The molecule has 0 aliphatic heterocycles. The van der Waals surface area contributed by atoms with Crippen LogP contribution in [0.15, 0.2) is 65.7 Å². The van der Waals surface area contributed by atoms with Gasteiger partial charge in [0.2, 0.25) is 0 Å². The average Bonchev–Trinajstić information content (AvgIpc) is 2.75. The van der Waals surface area contributed by atoms with E-state index < -0.39 is 5.97 Å². The van der Waals surface area contributed by atoms with Crippen LogP contribution in [0.5, 0.6) is 0 Å². The molecule has 29 heavy (non-hydrogen) atoms. The summed E-state index contributed by atoms with van der Waals surface area (Å²) in [5.74, 6) is -0.438. The normalized spacial score (nSPS) is 11.8. The summed E-state index contributed by atoms with van der Waals surface area (Å²) >= 11 is 1.31. The van der Waals surface area contributed by atoms with Crippen molar-refractivity contribution in [1.82, 2.24) is 10.3 Å². The van der Waals surface area contributed by atoms with Gasteiger partial charge >= 0.3 is 5.97 Å². The number of amides is 1. The van der Waals surface area contributed by atoms with E-state index in [0.717, 1.165) is 27.1 Å². The highest BCUT2D eigenvalue weighted by Crippen LogP contribution is 2.23. The maximum atomic E-state index is 12.0. The molecular weight excluding hydrogens is 384 g/mol. The van der Waals surface area contributed by atoms with Crippen LogP contribution < -0.4 is 5.32 Å². The van der Waals surface area contributed by atoms with Crippen molar-refractivity contribution < 1.29 is 14.3 Å². The lowest BCUT2D eigenvalue weighted by atomic mass is 10.0. The molecule has 3 rings (SSSR count). The fourth-order valence-electron chi connectivity index (χ4n) is 2.93. The number of pyridine rings is 1. The van der Waals surface area contributed by atoms with Gasteiger partial charge in [-0.05, 0) is 36.1 Å². The van der Waals surface area contributed by atoms with Crippen LogP contribution in [0, 0.1) is 6.92 Å². The van der Waals surface area contributed by atoms with Crippen LogP contribution in [-0.4, -0.2) is 35.8 Å². The second-order valence-corrected chi connectivity index (χ2v) is 7.86. The standard InChI is InChI=1S/C23H24N2O3S/c1-16-12-22(25-20-11-7-6-10-19(16)20)29-15-23(27)28-14-21(26)24-13-17(2)18-8-4-3-5-9-18/h3-12,17H,13-15H2,1-2H3,(H,24,26)/t17-/m0/s1. The van der Waals surface area contributed by atoms with Gasteiger partial charge in [-0.2, -0.15) is 0 Å². The van der Waals surface area contributed by atoms with Crippen LogP contribution in [0.1, 0.15) is 24.0 Å². The van der Waals surface area contributed by atoms with E-state index in [-0.39, 0.29) is 24.2 Å². The number of carbonyl (C=O) groups excluding carboxylic acids is 2. The third kappa shape index (κ3) is 6.06. The maximum absolute atomic E-state index is 12.0. The number of esters is 1. The number of fused-ring (bicyclic) bond motifs is 1. The minimum Gasteiger partial charge on any atom is -0.455 e. The lowest BCUT2D eigenvalue weighted by Gasteiger charge is -2.13. The Labute approximate surface area is 174 Å². The fourth-order valence-corrected chi connectivity index (χ4v) is 3.70. The molecule has 0 aliphatic carbocycles. The lowest BCUT2D eigenvalue weighted by molar-refractivity contribution is -0.145. The third-order valence-electron chi connectivity index (χ3n) is 4.58. The third-order valence-corrected chi connectivity index (χ3v) is 5.46. The highest BCUT2D eigenvalue weighted by atomic mass is 32.2. The summed E-state index contributed by atoms with van der Waals surface area (Å²) in [4.78, 5) is 28.5. The Hall–Kier alpha value is -2.86. The molecule has 0 fully saturated rings. The predicted octanol–water partition coefficient (Wildman–Crippen LogP) is 4.10. The second kappa shape index (κ2) is 10.1. The molecule has 1 aromatic heterocycles. The highest BCUT2D eigenvalue weighted by Gasteiger charge is 2.11. The predicted molar refractivity (Wildman–Crippen MR) is 116 cm³/mol. The molecule has 1 heterocycles. The summed E-state index contributed by atoms with van der Waals surface area (Å²) in [5.41, 5.74) is 3.16. The lowest BCUT2D eigenvalue weighted by Crippen LogP contribution is -2.31. The SMILES string of the molecule is Cc1cc(SCC(=O)OCC(=O)NC[C@H](C)c2ccccc2)nc2ccccc12. The topological polar surface area (TPSA) is 68.3 Å². The molecule has 5 nitrogen and oxygen atoms in total. The molecule has 150 valence electrons. The van der Waals surface area contributed by atoms with Gasteiger partial charge in [-0.1, -0.05) is 67.2 Å². The van der Waals surface area contributed by atoms with E-state index in [1.165, 1.54) is 11.8 Å². The number of rotatable bonds is 8. The molecule has 0 spiro atoms. The first kappa shape index (κ1) is 20.9. The molecule has 0 unspecified atom stereocenters. The van der Waals surface area contributed by atoms with Crippen LogP contribution in [0.4, 0.5) is 0 Å². The Morgan fingerprint density at radius 3 is 2.62 bits per heavy atom. The van der Waals surface area contributed by atoms with Gasteiger partial charge in [0, 0.05) is 11.9 Å². The molecule has 1 amide bonds. The number of aryl methyl sites for hydroxylation is 1. The van der Waals surface area contributed by atoms with Crippen molar-refractivity contribution in [2.45, 2.75) is 24.8 Å². The summed E-state index contributed by atoms with van der Waals surface area (Å²) in [5, 5.41) is 4.66. The molecule has 0 bridgehead atoms. The Balaban J connectivity index is 1.41. The van der Waals surface area contributed by atoms with Crippen LogP contribution in [-0.2, 0) is 14.3 Å². The van der Waals surface area contributed by atoms with Crippen LogP contribution in [0.3, 0.4) is 0 Å². The second-order valence-electron chi connectivity index (χ2n) is 6.86. The largest absolute Gasteiger partial charge is 0.455 e. The van der Waals surface area contributed by atoms with Crippen LogP contribution in [0.25, 0.3) is 10.9 Å². The van der Waals surface area contributed by atoms with Gasteiger partial charge in [0.05, 0.1) is 16.3 Å². The number of para-hydroxylation sites is 1. The van der Waals surface area contributed by atoms with Crippen molar-refractivity contribution in [3.63, 3.8) is 0 Å². The highest BCUT2D eigenvalue weighted by molar-refractivity contribution is 7.99. The summed E-state index contributed by atoms with van der Waals surface area (Å²) in [7, 11) is 0. The number of ether oxygens (including phenoxy) is 1. The van der Waals surface area contributed by atoms with E-state index in [1.807, 2.05) is 74.5 Å². The molecule has 0 radical (unpaired) electrons. The first-order chi connectivity index (χ1) is 14.0. The Morgan fingerprint density at radius 1 is 1.10 bits per heavy atom. The van der Waals surface area contributed by atoms with Crippen molar-refractivity contribution in [3.8, 4) is 0 Å². The fraction of sp³-hybridized carbons (Fsp3) is 0.261. The van der Waals surface area contributed by atoms with Crippen LogP contribution >= 0.6 is 11.8 Å². The average molecular weight is 409 g/mol.